The molecule has 1 amide bonds. The molecule has 2 aromatic rings. The standard InChI is InChI=1S/C22H22BrClN2O2.2C2H6/c1-3-19-9-17(12-26(19)7-6-23)14(2)13-28-21-11-15-4-5-18(24)8-16(15)10-20(21)22(25)27;2*1-2/h3-5,8,10-12H,2,6-7,9,13H2,1H3,(H2,25,27);2*1-2H3/b19-3+;;. The summed E-state index contributed by atoms with van der Waals surface area (Å²) in [4.78, 5) is 14.1. The topological polar surface area (TPSA) is 55.6 Å². The first-order chi connectivity index (χ1) is 15.4. The molecule has 174 valence electrons. The Kier molecular flexibility index (Phi) is 12.2. The van der Waals surface area contributed by atoms with Gasteiger partial charge in [-0.1, -0.05) is 73.9 Å². The zero-order valence-corrected chi connectivity index (χ0v) is 22.0. The maximum absolute atomic E-state index is 11.9. The van der Waals surface area contributed by atoms with Crippen LogP contribution < -0.4 is 10.5 Å². The summed E-state index contributed by atoms with van der Waals surface area (Å²) in [6.45, 7) is 15.4. The summed E-state index contributed by atoms with van der Waals surface area (Å²) < 4.78 is 5.95. The fraction of sp³-hybridized carbons (Fsp3) is 0.346. The van der Waals surface area contributed by atoms with Gasteiger partial charge in [-0.2, -0.15) is 0 Å². The Labute approximate surface area is 205 Å². The van der Waals surface area contributed by atoms with Crippen LogP contribution >= 0.6 is 27.5 Å². The van der Waals surface area contributed by atoms with Crippen molar-refractivity contribution in [2.24, 2.45) is 5.73 Å². The van der Waals surface area contributed by atoms with Gasteiger partial charge in [0, 0.05) is 35.2 Å². The van der Waals surface area contributed by atoms with Crippen LogP contribution in [0.5, 0.6) is 5.75 Å². The molecule has 0 saturated carbocycles. The lowest BCUT2D eigenvalue weighted by atomic mass is 10.0. The molecular weight excluding hydrogens is 488 g/mol. The number of halogens is 2. The fourth-order valence-electron chi connectivity index (χ4n) is 3.21. The van der Waals surface area contributed by atoms with Crippen LogP contribution in [0.3, 0.4) is 0 Å². The Hall–Kier alpha value is -2.24. The molecule has 1 aliphatic heterocycles. The average molecular weight is 522 g/mol. The van der Waals surface area contributed by atoms with E-state index in [1.54, 1.807) is 18.2 Å². The van der Waals surface area contributed by atoms with E-state index in [1.165, 1.54) is 5.70 Å². The van der Waals surface area contributed by atoms with Gasteiger partial charge in [-0.25, -0.2) is 0 Å². The third-order valence-corrected chi connectivity index (χ3v) is 5.32. The minimum atomic E-state index is -0.540. The van der Waals surface area contributed by atoms with Gasteiger partial charge in [-0.15, -0.1) is 0 Å². The van der Waals surface area contributed by atoms with Gasteiger partial charge in [0.2, 0.25) is 0 Å². The molecule has 0 aliphatic carbocycles. The summed E-state index contributed by atoms with van der Waals surface area (Å²) in [5, 5.41) is 3.26. The lowest BCUT2D eigenvalue weighted by molar-refractivity contribution is 0.0997. The zero-order chi connectivity index (χ0) is 24.3. The summed E-state index contributed by atoms with van der Waals surface area (Å²) in [6.07, 6.45) is 5.05. The van der Waals surface area contributed by atoms with Gasteiger partial charge in [0.25, 0.3) is 5.91 Å². The number of allylic oxidation sites excluding steroid dienone is 2. The number of benzene rings is 2. The zero-order valence-electron chi connectivity index (χ0n) is 19.7. The summed E-state index contributed by atoms with van der Waals surface area (Å²) in [7, 11) is 0. The van der Waals surface area contributed by atoms with E-state index in [9.17, 15) is 4.79 Å². The van der Waals surface area contributed by atoms with Crippen molar-refractivity contribution in [3.63, 3.8) is 0 Å². The molecule has 1 aliphatic rings. The van der Waals surface area contributed by atoms with Gasteiger partial charge < -0.3 is 15.4 Å². The molecular formula is C26H34BrClN2O2. The third-order valence-electron chi connectivity index (χ3n) is 4.73. The van der Waals surface area contributed by atoms with Crippen molar-refractivity contribution in [3.05, 3.63) is 76.6 Å². The van der Waals surface area contributed by atoms with Crippen molar-refractivity contribution >= 4 is 44.2 Å². The van der Waals surface area contributed by atoms with E-state index in [-0.39, 0.29) is 6.61 Å². The Morgan fingerprint density at radius 3 is 2.50 bits per heavy atom. The highest BCUT2D eigenvalue weighted by Gasteiger charge is 2.20. The number of nitrogens with two attached hydrogens (primary N) is 1. The molecule has 1 heterocycles. The lowest BCUT2D eigenvalue weighted by Crippen LogP contribution is -2.14. The second-order valence-corrected chi connectivity index (χ2v) is 7.82. The largest absolute Gasteiger partial charge is 0.488 e. The van der Waals surface area contributed by atoms with Gasteiger partial charge in [-0.3, -0.25) is 4.79 Å². The highest BCUT2D eigenvalue weighted by Crippen LogP contribution is 2.31. The average Bonchev–Trinajstić information content (AvgIpc) is 3.22. The van der Waals surface area contributed by atoms with E-state index in [4.69, 9.17) is 22.1 Å². The highest BCUT2D eigenvalue weighted by atomic mass is 79.9. The number of rotatable bonds is 7. The second-order valence-electron chi connectivity index (χ2n) is 6.59. The number of hydrogen-bond donors (Lipinski definition) is 1. The van der Waals surface area contributed by atoms with Crippen molar-refractivity contribution in [3.8, 4) is 5.75 Å². The van der Waals surface area contributed by atoms with Crippen molar-refractivity contribution in [1.82, 2.24) is 4.90 Å². The number of nitrogens with zero attached hydrogens (tertiary/aromatic N) is 1. The molecule has 2 N–H and O–H groups in total. The molecule has 0 aromatic heterocycles. The van der Waals surface area contributed by atoms with E-state index in [0.717, 1.165) is 40.2 Å². The van der Waals surface area contributed by atoms with Crippen LogP contribution in [0, 0.1) is 0 Å². The van der Waals surface area contributed by atoms with Gasteiger partial charge in [0.15, 0.2) is 0 Å². The Morgan fingerprint density at radius 1 is 1.22 bits per heavy atom. The molecule has 32 heavy (non-hydrogen) atoms. The van der Waals surface area contributed by atoms with Gasteiger partial charge in [0.1, 0.15) is 12.4 Å². The third kappa shape index (κ3) is 7.14. The normalized spacial score (nSPS) is 13.7. The van der Waals surface area contributed by atoms with E-state index in [1.807, 2.05) is 46.8 Å². The first kappa shape index (κ1) is 27.8. The molecule has 0 fully saturated rings. The number of alkyl halides is 1. The number of hydrogen-bond acceptors (Lipinski definition) is 3. The minimum Gasteiger partial charge on any atom is -0.488 e. The lowest BCUT2D eigenvalue weighted by Gasteiger charge is -2.15. The first-order valence-corrected chi connectivity index (χ1v) is 12.5. The molecule has 6 heteroatoms. The SMILES string of the molecule is C=C(COc1cc2ccc(Cl)cc2cc1C(N)=O)C1=CN(CCBr)/C(=C/C)C1.CC.CC. The van der Waals surface area contributed by atoms with Crippen molar-refractivity contribution < 1.29 is 9.53 Å². The van der Waals surface area contributed by atoms with Crippen LogP contribution in [0.25, 0.3) is 10.8 Å². The van der Waals surface area contributed by atoms with Gasteiger partial charge in [-0.05, 0) is 53.1 Å². The number of ether oxygens (including phenoxy) is 1. The van der Waals surface area contributed by atoms with E-state index in [2.05, 4.69) is 39.7 Å². The Bertz CT molecular complexity index is 999. The van der Waals surface area contributed by atoms with Gasteiger partial charge in [0.05, 0.1) is 5.56 Å². The molecule has 0 bridgehead atoms. The van der Waals surface area contributed by atoms with E-state index >= 15 is 0 Å². The molecule has 3 rings (SSSR count). The molecule has 2 aromatic carbocycles. The Morgan fingerprint density at radius 2 is 1.91 bits per heavy atom. The van der Waals surface area contributed by atoms with Crippen LogP contribution in [0.4, 0.5) is 0 Å². The molecule has 0 saturated heterocycles. The van der Waals surface area contributed by atoms with Crippen molar-refractivity contribution in [1.29, 1.82) is 0 Å². The van der Waals surface area contributed by atoms with Crippen LogP contribution in [-0.2, 0) is 0 Å². The van der Waals surface area contributed by atoms with Crippen LogP contribution in [0.15, 0.2) is 66.0 Å². The minimum absolute atomic E-state index is 0.282. The van der Waals surface area contributed by atoms with E-state index < -0.39 is 5.91 Å². The number of primary amides is 1. The number of carbonyl (C=O) groups is 1. The number of fused-ring (bicyclic) bond motifs is 1. The van der Waals surface area contributed by atoms with Crippen LogP contribution in [0.1, 0.15) is 51.4 Å². The van der Waals surface area contributed by atoms with Crippen molar-refractivity contribution in [2.75, 3.05) is 18.5 Å². The molecule has 0 radical (unpaired) electrons. The second kappa shape index (κ2) is 14.0. The fourth-order valence-corrected chi connectivity index (χ4v) is 3.78. The van der Waals surface area contributed by atoms with Crippen LogP contribution in [0.2, 0.25) is 5.02 Å². The monoisotopic (exact) mass is 520 g/mol. The highest BCUT2D eigenvalue weighted by molar-refractivity contribution is 9.09. The van der Waals surface area contributed by atoms with Crippen LogP contribution in [-0.4, -0.2) is 29.3 Å². The Balaban J connectivity index is 0.00000121. The number of amides is 1. The molecule has 0 spiro atoms. The van der Waals surface area contributed by atoms with Gasteiger partial charge >= 0.3 is 0 Å². The summed E-state index contributed by atoms with van der Waals surface area (Å²) >= 11 is 9.53. The quantitative estimate of drug-likeness (QED) is 0.384. The molecule has 4 nitrogen and oxygen atoms in total. The smallest absolute Gasteiger partial charge is 0.252 e. The predicted molar refractivity (Wildman–Crippen MR) is 142 cm³/mol. The molecule has 0 atom stereocenters. The summed E-state index contributed by atoms with van der Waals surface area (Å²) in [6, 6.07) is 9.02. The van der Waals surface area contributed by atoms with E-state index in [0.29, 0.717) is 16.3 Å². The summed E-state index contributed by atoms with van der Waals surface area (Å²) in [5.41, 5.74) is 9.14. The van der Waals surface area contributed by atoms with Crippen molar-refractivity contribution in [2.45, 2.75) is 41.0 Å². The first-order valence-electron chi connectivity index (χ1n) is 11.0. The predicted octanol–water partition coefficient (Wildman–Crippen LogP) is 7.47. The number of carbonyl (C=O) groups excluding carboxylic acids is 1. The summed E-state index contributed by atoms with van der Waals surface area (Å²) in [5.74, 6) is -0.0899. The maximum atomic E-state index is 11.9. The molecule has 0 unspecified atom stereocenters. The maximum Gasteiger partial charge on any atom is 0.252 e.